The monoisotopic (exact) mass is 215 g/mol. The number of allylic oxidation sites excluding steroid dienone is 1. The first kappa shape index (κ1) is 14.6. The van der Waals surface area contributed by atoms with Gasteiger partial charge in [-0.05, 0) is 32.7 Å². The number of nitrogens with one attached hydrogen (secondary N) is 1. The predicted molar refractivity (Wildman–Crippen MR) is 64.2 cm³/mol. The Morgan fingerprint density at radius 2 is 2.13 bits per heavy atom. The molecule has 3 heteroatoms. The van der Waals surface area contributed by atoms with E-state index in [0.717, 1.165) is 45.6 Å². The molecule has 0 rings (SSSR count). The summed E-state index contributed by atoms with van der Waals surface area (Å²) < 4.78 is 10.6. The van der Waals surface area contributed by atoms with Crippen LogP contribution in [0.2, 0.25) is 0 Å². The summed E-state index contributed by atoms with van der Waals surface area (Å²) in [7, 11) is 1.73. The fraction of sp³-hybridized carbons (Fsp3) is 0.833. The molecule has 0 aromatic heterocycles. The average Bonchev–Trinajstić information content (AvgIpc) is 2.24. The Bertz CT molecular complexity index is 140. The molecule has 0 heterocycles. The van der Waals surface area contributed by atoms with Gasteiger partial charge in [0.1, 0.15) is 0 Å². The van der Waals surface area contributed by atoms with Crippen LogP contribution in [0, 0.1) is 0 Å². The van der Waals surface area contributed by atoms with E-state index in [1.165, 1.54) is 0 Å². The number of rotatable bonds is 11. The summed E-state index contributed by atoms with van der Waals surface area (Å²) in [6, 6.07) is 0. The van der Waals surface area contributed by atoms with Crippen LogP contribution in [0.15, 0.2) is 12.7 Å². The van der Waals surface area contributed by atoms with Gasteiger partial charge in [-0.3, -0.25) is 0 Å². The molecule has 0 amide bonds. The molecule has 0 aliphatic rings. The van der Waals surface area contributed by atoms with Gasteiger partial charge in [0.05, 0.1) is 6.10 Å². The second-order valence-corrected chi connectivity index (χ2v) is 3.66. The molecule has 1 N–H and O–H groups in total. The van der Waals surface area contributed by atoms with E-state index in [-0.39, 0.29) is 6.10 Å². The minimum Gasteiger partial charge on any atom is -0.385 e. The van der Waals surface area contributed by atoms with Crippen LogP contribution < -0.4 is 5.32 Å². The van der Waals surface area contributed by atoms with E-state index in [2.05, 4.69) is 18.8 Å². The largest absolute Gasteiger partial charge is 0.385 e. The Kier molecular flexibility index (Phi) is 11.4. The lowest BCUT2D eigenvalue weighted by molar-refractivity contribution is 0.0643. The van der Waals surface area contributed by atoms with Crippen molar-refractivity contribution in [2.75, 3.05) is 33.4 Å². The third-order valence-electron chi connectivity index (χ3n) is 2.09. The van der Waals surface area contributed by atoms with E-state index < -0.39 is 0 Å². The second-order valence-electron chi connectivity index (χ2n) is 3.66. The summed E-state index contributed by atoms with van der Waals surface area (Å²) in [4.78, 5) is 0. The molecule has 1 atom stereocenters. The topological polar surface area (TPSA) is 30.5 Å². The first-order valence-corrected chi connectivity index (χ1v) is 5.73. The molecule has 0 bridgehead atoms. The Morgan fingerprint density at radius 1 is 1.33 bits per heavy atom. The minimum atomic E-state index is 0.289. The molecule has 0 aliphatic heterocycles. The first-order valence-electron chi connectivity index (χ1n) is 5.73. The van der Waals surface area contributed by atoms with Gasteiger partial charge in [0, 0.05) is 26.9 Å². The molecule has 0 radical (unpaired) electrons. The van der Waals surface area contributed by atoms with Gasteiger partial charge in [-0.15, -0.1) is 6.58 Å². The van der Waals surface area contributed by atoms with E-state index in [4.69, 9.17) is 9.47 Å². The van der Waals surface area contributed by atoms with Crippen LogP contribution in [0.1, 0.15) is 26.2 Å². The summed E-state index contributed by atoms with van der Waals surface area (Å²) >= 11 is 0. The maximum Gasteiger partial charge on any atom is 0.0671 e. The van der Waals surface area contributed by atoms with Gasteiger partial charge in [-0.2, -0.15) is 0 Å². The number of ether oxygens (including phenoxy) is 2. The van der Waals surface area contributed by atoms with Crippen molar-refractivity contribution >= 4 is 0 Å². The zero-order valence-electron chi connectivity index (χ0n) is 10.1. The number of unbranched alkanes of at least 4 members (excludes halogenated alkanes) is 1. The summed E-state index contributed by atoms with van der Waals surface area (Å²) in [5.41, 5.74) is 0. The van der Waals surface area contributed by atoms with Crippen molar-refractivity contribution in [1.82, 2.24) is 5.32 Å². The quantitative estimate of drug-likeness (QED) is 0.422. The van der Waals surface area contributed by atoms with Crippen molar-refractivity contribution in [2.24, 2.45) is 0 Å². The molecule has 0 saturated carbocycles. The van der Waals surface area contributed by atoms with Crippen molar-refractivity contribution in [3.63, 3.8) is 0 Å². The Morgan fingerprint density at radius 3 is 2.80 bits per heavy atom. The highest BCUT2D eigenvalue weighted by atomic mass is 16.5. The van der Waals surface area contributed by atoms with E-state index >= 15 is 0 Å². The van der Waals surface area contributed by atoms with Crippen LogP contribution in [-0.2, 0) is 9.47 Å². The maximum absolute atomic E-state index is 5.61. The number of hydrogen-bond acceptors (Lipinski definition) is 3. The van der Waals surface area contributed by atoms with Gasteiger partial charge in [-0.25, -0.2) is 0 Å². The number of hydrogen-bond donors (Lipinski definition) is 1. The minimum absolute atomic E-state index is 0.289. The highest BCUT2D eigenvalue weighted by molar-refractivity contribution is 4.65. The lowest BCUT2D eigenvalue weighted by Gasteiger charge is -2.13. The summed E-state index contributed by atoms with van der Waals surface area (Å²) in [5.74, 6) is 0. The first-order chi connectivity index (χ1) is 7.31. The predicted octanol–water partition coefficient (Wildman–Crippen LogP) is 1.98. The molecular formula is C12H25NO2. The van der Waals surface area contributed by atoms with Crippen molar-refractivity contribution in [1.29, 1.82) is 0 Å². The molecule has 0 fully saturated rings. The normalized spacial score (nSPS) is 12.7. The van der Waals surface area contributed by atoms with Crippen LogP contribution in [0.4, 0.5) is 0 Å². The molecule has 3 nitrogen and oxygen atoms in total. The third-order valence-corrected chi connectivity index (χ3v) is 2.09. The fourth-order valence-corrected chi connectivity index (χ4v) is 1.22. The molecule has 1 unspecified atom stereocenters. The molecule has 0 aliphatic carbocycles. The van der Waals surface area contributed by atoms with Crippen molar-refractivity contribution in [2.45, 2.75) is 32.3 Å². The standard InChI is InChI=1S/C12H25NO2/c1-4-5-6-10-15-12(2)11-13-8-7-9-14-3/h4,12-13H,1,5-11H2,2-3H3. The molecule has 0 aromatic rings. The Labute approximate surface area is 93.8 Å². The van der Waals surface area contributed by atoms with Crippen molar-refractivity contribution < 1.29 is 9.47 Å². The zero-order valence-corrected chi connectivity index (χ0v) is 10.1. The molecule has 15 heavy (non-hydrogen) atoms. The van der Waals surface area contributed by atoms with E-state index in [9.17, 15) is 0 Å². The molecule has 0 aromatic carbocycles. The van der Waals surface area contributed by atoms with Crippen molar-refractivity contribution in [3.8, 4) is 0 Å². The van der Waals surface area contributed by atoms with Crippen LogP contribution >= 0.6 is 0 Å². The average molecular weight is 215 g/mol. The lowest BCUT2D eigenvalue weighted by Crippen LogP contribution is -2.28. The molecule has 0 saturated heterocycles. The molecule has 0 spiro atoms. The number of methoxy groups -OCH3 is 1. The summed E-state index contributed by atoms with van der Waals surface area (Å²) in [6.07, 6.45) is 5.37. The molecular weight excluding hydrogens is 190 g/mol. The van der Waals surface area contributed by atoms with Gasteiger partial charge in [0.15, 0.2) is 0 Å². The van der Waals surface area contributed by atoms with Crippen LogP contribution in [-0.4, -0.2) is 39.5 Å². The smallest absolute Gasteiger partial charge is 0.0671 e. The van der Waals surface area contributed by atoms with Gasteiger partial charge in [-0.1, -0.05) is 6.08 Å². The SMILES string of the molecule is C=CCCCOC(C)CNCCCOC. The van der Waals surface area contributed by atoms with E-state index in [0.29, 0.717) is 0 Å². The fourth-order valence-electron chi connectivity index (χ4n) is 1.22. The Balaban J connectivity index is 3.11. The van der Waals surface area contributed by atoms with E-state index in [1.807, 2.05) is 6.08 Å². The van der Waals surface area contributed by atoms with Gasteiger partial charge >= 0.3 is 0 Å². The van der Waals surface area contributed by atoms with Gasteiger partial charge < -0.3 is 14.8 Å². The summed E-state index contributed by atoms with van der Waals surface area (Å²) in [5, 5.41) is 3.34. The highest BCUT2D eigenvalue weighted by Gasteiger charge is 2.00. The Hall–Kier alpha value is -0.380. The summed E-state index contributed by atoms with van der Waals surface area (Å²) in [6.45, 7) is 9.33. The lowest BCUT2D eigenvalue weighted by atomic mass is 10.3. The van der Waals surface area contributed by atoms with Crippen LogP contribution in [0.3, 0.4) is 0 Å². The van der Waals surface area contributed by atoms with Crippen LogP contribution in [0.5, 0.6) is 0 Å². The van der Waals surface area contributed by atoms with Crippen molar-refractivity contribution in [3.05, 3.63) is 12.7 Å². The second kappa shape index (κ2) is 11.7. The maximum atomic E-state index is 5.61. The van der Waals surface area contributed by atoms with Crippen LogP contribution in [0.25, 0.3) is 0 Å². The highest BCUT2D eigenvalue weighted by Crippen LogP contribution is 1.95. The van der Waals surface area contributed by atoms with E-state index in [1.54, 1.807) is 7.11 Å². The van der Waals surface area contributed by atoms with Gasteiger partial charge in [0.25, 0.3) is 0 Å². The van der Waals surface area contributed by atoms with Gasteiger partial charge in [0.2, 0.25) is 0 Å². The zero-order chi connectivity index (χ0) is 11.4. The third kappa shape index (κ3) is 11.5. The molecule has 90 valence electrons.